The van der Waals surface area contributed by atoms with Crippen molar-refractivity contribution in [1.29, 1.82) is 0 Å². The number of carbonyl (C=O) groups excluding carboxylic acids is 3. The van der Waals surface area contributed by atoms with E-state index < -0.39 is 16.6 Å². The monoisotopic (exact) mass is 360 g/mol. The van der Waals surface area contributed by atoms with E-state index in [0.717, 1.165) is 11.1 Å². The summed E-state index contributed by atoms with van der Waals surface area (Å²) in [5, 5.41) is 0. The first-order valence-corrected chi connectivity index (χ1v) is 9.13. The molecule has 2 aliphatic rings. The van der Waals surface area contributed by atoms with Gasteiger partial charge in [0.1, 0.15) is 0 Å². The maximum Gasteiger partial charge on any atom is 0.184 e. The molecule has 3 nitrogen and oxygen atoms in total. The summed E-state index contributed by atoms with van der Waals surface area (Å²) in [4.78, 5) is 40.9. The van der Waals surface area contributed by atoms with Crippen molar-refractivity contribution in [3.05, 3.63) is 84.5 Å². The second-order valence-corrected chi connectivity index (χ2v) is 7.53. The van der Waals surface area contributed by atoms with Crippen LogP contribution in [0.15, 0.2) is 78.9 Å². The van der Waals surface area contributed by atoms with E-state index in [0.29, 0.717) is 30.4 Å². The Morgan fingerprint density at radius 3 is 2.37 bits per heavy atom. The zero-order chi connectivity index (χ0) is 19.8. The molecule has 0 aliphatic heterocycles. The molecule has 138 valence electrons. The van der Waals surface area contributed by atoms with Gasteiger partial charge in [0.05, 0.1) is 5.41 Å². The van der Waals surface area contributed by atoms with Crippen LogP contribution in [0.4, 0.5) is 0 Å². The molecule has 0 N–H and O–H groups in total. The van der Waals surface area contributed by atoms with E-state index in [2.05, 4.69) is 19.7 Å². The van der Waals surface area contributed by atoms with Crippen LogP contribution in [0.25, 0.3) is 0 Å². The number of benzene rings is 1. The van der Waals surface area contributed by atoms with Crippen molar-refractivity contribution in [2.75, 3.05) is 0 Å². The highest BCUT2D eigenvalue weighted by Gasteiger charge is 2.65. The van der Waals surface area contributed by atoms with Crippen LogP contribution in [0, 0.1) is 10.8 Å². The third kappa shape index (κ3) is 2.53. The number of Topliss-reactive ketones (excluding diaryl/α,β-unsaturated/α-hetero) is 3. The fourth-order valence-electron chi connectivity index (χ4n) is 4.71. The molecule has 27 heavy (non-hydrogen) atoms. The summed E-state index contributed by atoms with van der Waals surface area (Å²) < 4.78 is 0. The molecule has 0 unspecified atom stereocenters. The molecule has 0 amide bonds. The molecule has 1 fully saturated rings. The third-order valence-electron chi connectivity index (χ3n) is 5.99. The predicted octanol–water partition coefficient (Wildman–Crippen LogP) is 4.81. The van der Waals surface area contributed by atoms with E-state index in [-0.39, 0.29) is 18.0 Å². The first-order chi connectivity index (χ1) is 12.8. The van der Waals surface area contributed by atoms with Gasteiger partial charge in [0.2, 0.25) is 0 Å². The van der Waals surface area contributed by atoms with Gasteiger partial charge < -0.3 is 0 Å². The van der Waals surface area contributed by atoms with Crippen molar-refractivity contribution < 1.29 is 14.4 Å². The summed E-state index contributed by atoms with van der Waals surface area (Å²) in [6.07, 6.45) is 4.59. The maximum absolute atomic E-state index is 13.8. The summed E-state index contributed by atoms with van der Waals surface area (Å²) >= 11 is 0. The predicted molar refractivity (Wildman–Crippen MR) is 106 cm³/mol. The average Bonchev–Trinajstić information content (AvgIpc) is 2.67. The van der Waals surface area contributed by atoms with Crippen molar-refractivity contribution in [3.8, 4) is 0 Å². The molecule has 1 saturated carbocycles. The number of allylic oxidation sites excluding steroid dienone is 5. The normalized spacial score (nSPS) is 27.5. The number of hydrogen-bond acceptors (Lipinski definition) is 3. The van der Waals surface area contributed by atoms with Crippen LogP contribution >= 0.6 is 0 Å². The Bertz CT molecular complexity index is 903. The largest absolute Gasteiger partial charge is 0.297 e. The van der Waals surface area contributed by atoms with Crippen molar-refractivity contribution in [1.82, 2.24) is 0 Å². The molecule has 0 aromatic heterocycles. The quantitative estimate of drug-likeness (QED) is 0.415. The lowest BCUT2D eigenvalue weighted by Crippen LogP contribution is -2.60. The average molecular weight is 360 g/mol. The van der Waals surface area contributed by atoms with Crippen LogP contribution in [0.5, 0.6) is 0 Å². The van der Waals surface area contributed by atoms with E-state index in [4.69, 9.17) is 0 Å². The van der Waals surface area contributed by atoms with E-state index in [1.807, 2.05) is 6.92 Å². The SMILES string of the molecule is C=CCC1=C(C)[C@]2(CC=C)CC(=C)C[C@](C(=O)c3ccccc3)(C1=O)C2=O. The van der Waals surface area contributed by atoms with Crippen LogP contribution in [0.2, 0.25) is 0 Å². The minimum Gasteiger partial charge on any atom is -0.297 e. The van der Waals surface area contributed by atoms with Crippen molar-refractivity contribution in [2.24, 2.45) is 10.8 Å². The Kier molecular flexibility index (Phi) is 4.73. The fraction of sp³-hybridized carbons (Fsp3) is 0.292. The highest BCUT2D eigenvalue weighted by Crippen LogP contribution is 2.58. The van der Waals surface area contributed by atoms with Gasteiger partial charge in [-0.15, -0.1) is 13.2 Å². The molecular weight excluding hydrogens is 336 g/mol. The molecule has 1 aromatic carbocycles. The molecule has 2 bridgehead atoms. The zero-order valence-corrected chi connectivity index (χ0v) is 15.7. The summed E-state index contributed by atoms with van der Waals surface area (Å²) in [5.74, 6) is -1.12. The van der Waals surface area contributed by atoms with E-state index in [1.165, 1.54) is 0 Å². The van der Waals surface area contributed by atoms with Gasteiger partial charge in [-0.2, -0.15) is 0 Å². The Balaban J connectivity index is 2.32. The standard InChI is InChI=1S/C24H24O3/c1-5-10-19-17(4)23(13-6-2)14-16(3)15-24(21(19)26,22(23)27)20(25)18-11-8-7-9-12-18/h5-9,11-12H,1-3,10,13-15H2,4H3/t23-,24-/m0/s1. The summed E-state index contributed by atoms with van der Waals surface area (Å²) in [6.45, 7) is 13.5. The topological polar surface area (TPSA) is 51.2 Å². The van der Waals surface area contributed by atoms with Gasteiger partial charge in [0, 0.05) is 11.1 Å². The Morgan fingerprint density at radius 1 is 1.11 bits per heavy atom. The summed E-state index contributed by atoms with van der Waals surface area (Å²) in [7, 11) is 0. The van der Waals surface area contributed by atoms with Gasteiger partial charge >= 0.3 is 0 Å². The van der Waals surface area contributed by atoms with Gasteiger partial charge in [0.25, 0.3) is 0 Å². The van der Waals surface area contributed by atoms with E-state index >= 15 is 0 Å². The lowest BCUT2D eigenvalue weighted by molar-refractivity contribution is -0.145. The van der Waals surface area contributed by atoms with Gasteiger partial charge in [-0.05, 0) is 32.6 Å². The van der Waals surface area contributed by atoms with Gasteiger partial charge in [0.15, 0.2) is 22.8 Å². The van der Waals surface area contributed by atoms with Crippen LogP contribution < -0.4 is 0 Å². The fourth-order valence-corrected chi connectivity index (χ4v) is 4.71. The number of rotatable bonds is 6. The highest BCUT2D eigenvalue weighted by atomic mass is 16.2. The zero-order valence-electron chi connectivity index (χ0n) is 15.7. The van der Waals surface area contributed by atoms with Crippen LogP contribution in [-0.4, -0.2) is 17.3 Å². The smallest absolute Gasteiger partial charge is 0.184 e. The molecule has 3 rings (SSSR count). The molecule has 2 atom stereocenters. The molecule has 0 radical (unpaired) electrons. The Morgan fingerprint density at radius 2 is 1.78 bits per heavy atom. The molecule has 0 spiro atoms. The van der Waals surface area contributed by atoms with Crippen molar-refractivity contribution in [2.45, 2.75) is 32.6 Å². The van der Waals surface area contributed by atoms with Crippen LogP contribution in [0.1, 0.15) is 43.0 Å². The minimum atomic E-state index is -1.72. The highest BCUT2D eigenvalue weighted by molar-refractivity contribution is 6.36. The van der Waals surface area contributed by atoms with Gasteiger partial charge in [-0.25, -0.2) is 0 Å². The first kappa shape index (κ1) is 19.0. The first-order valence-electron chi connectivity index (χ1n) is 9.13. The van der Waals surface area contributed by atoms with Gasteiger partial charge in [-0.1, -0.05) is 60.2 Å². The second kappa shape index (κ2) is 6.73. The Hall–Kier alpha value is -2.81. The molecule has 0 heterocycles. The second-order valence-electron chi connectivity index (χ2n) is 7.53. The number of hydrogen-bond donors (Lipinski definition) is 0. The number of carbonyl (C=O) groups is 3. The third-order valence-corrected chi connectivity index (χ3v) is 5.99. The maximum atomic E-state index is 13.8. The van der Waals surface area contributed by atoms with E-state index in [9.17, 15) is 14.4 Å². The number of ketones is 3. The summed E-state index contributed by atoms with van der Waals surface area (Å²) in [6, 6.07) is 8.59. The lowest BCUT2D eigenvalue weighted by atomic mass is 9.48. The minimum absolute atomic E-state index is 0.0746. The number of fused-ring (bicyclic) bond motifs is 2. The molecule has 3 heteroatoms. The molecule has 0 saturated heterocycles. The van der Waals surface area contributed by atoms with Crippen LogP contribution in [0.3, 0.4) is 0 Å². The van der Waals surface area contributed by atoms with Crippen molar-refractivity contribution in [3.63, 3.8) is 0 Å². The summed E-state index contributed by atoms with van der Waals surface area (Å²) in [5.41, 5.74) is -0.256. The van der Waals surface area contributed by atoms with E-state index in [1.54, 1.807) is 42.5 Å². The molecule has 2 aliphatic carbocycles. The molecular formula is C24H24O3. The van der Waals surface area contributed by atoms with Gasteiger partial charge in [-0.3, -0.25) is 14.4 Å². The lowest BCUT2D eigenvalue weighted by Gasteiger charge is -2.50. The van der Waals surface area contributed by atoms with Crippen LogP contribution in [-0.2, 0) is 9.59 Å². The van der Waals surface area contributed by atoms with Crippen molar-refractivity contribution >= 4 is 17.3 Å². The molecule has 1 aromatic rings. The Labute approximate surface area is 160 Å².